The smallest absolute Gasteiger partial charge is 0.115 e. The molecule has 1 N–H and O–H groups in total. The third kappa shape index (κ3) is 3.13. The van der Waals surface area contributed by atoms with Gasteiger partial charge in [0.25, 0.3) is 0 Å². The third-order valence-corrected chi connectivity index (χ3v) is 4.59. The lowest BCUT2D eigenvalue weighted by Crippen LogP contribution is -2.18. The van der Waals surface area contributed by atoms with Gasteiger partial charge in [-0.05, 0) is 42.3 Å². The number of anilines is 1. The molecule has 3 nitrogen and oxygen atoms in total. The molecule has 1 atom stereocenters. The third-order valence-electron chi connectivity index (χ3n) is 4.59. The van der Waals surface area contributed by atoms with Crippen LogP contribution in [-0.2, 0) is 0 Å². The molecule has 3 heteroatoms. The van der Waals surface area contributed by atoms with E-state index in [9.17, 15) is 5.11 Å². The number of rotatable bonds is 3. The Morgan fingerprint density at radius 1 is 0.880 bits per heavy atom. The second-order valence-electron chi connectivity index (χ2n) is 6.40. The second kappa shape index (κ2) is 6.44. The van der Waals surface area contributed by atoms with Gasteiger partial charge in [-0.2, -0.15) is 5.10 Å². The zero-order chi connectivity index (χ0) is 17.2. The second-order valence-corrected chi connectivity index (χ2v) is 6.40. The predicted octanol–water partition coefficient (Wildman–Crippen LogP) is 5.06. The summed E-state index contributed by atoms with van der Waals surface area (Å²) >= 11 is 0. The summed E-state index contributed by atoms with van der Waals surface area (Å²) in [5.41, 5.74) is 5.69. The van der Waals surface area contributed by atoms with E-state index in [0.717, 1.165) is 28.9 Å². The van der Waals surface area contributed by atoms with E-state index >= 15 is 0 Å². The summed E-state index contributed by atoms with van der Waals surface area (Å²) in [7, 11) is 0. The van der Waals surface area contributed by atoms with E-state index in [1.807, 2.05) is 30.3 Å². The summed E-state index contributed by atoms with van der Waals surface area (Å²) in [4.78, 5) is 0. The summed E-state index contributed by atoms with van der Waals surface area (Å²) in [6, 6.07) is 26.3. The Kier molecular flexibility index (Phi) is 3.98. The molecule has 25 heavy (non-hydrogen) atoms. The first-order chi connectivity index (χ1) is 12.2. The lowest BCUT2D eigenvalue weighted by atomic mass is 9.98. The zero-order valence-corrected chi connectivity index (χ0v) is 14.1. The van der Waals surface area contributed by atoms with Crippen molar-refractivity contribution in [1.82, 2.24) is 0 Å². The Bertz CT molecular complexity index is 884. The average Bonchev–Trinajstić information content (AvgIpc) is 3.09. The van der Waals surface area contributed by atoms with E-state index in [-0.39, 0.29) is 11.8 Å². The van der Waals surface area contributed by atoms with Crippen molar-refractivity contribution >= 4 is 11.4 Å². The molecule has 0 amide bonds. The minimum Gasteiger partial charge on any atom is -0.508 e. The maximum Gasteiger partial charge on any atom is 0.115 e. The maximum absolute atomic E-state index is 9.60. The Labute approximate surface area is 147 Å². The topological polar surface area (TPSA) is 35.8 Å². The standard InChI is InChI=1S/C22H20N2O/c1-16-7-11-19(12-8-16)24-22(18-9-13-20(25)14-10-18)15-21(23-24)17-5-3-2-4-6-17/h2-14,22,25H,15H2,1H3. The number of phenolic OH excluding ortho intramolecular Hbond substituents is 1. The van der Waals surface area contributed by atoms with Crippen LogP contribution in [0.2, 0.25) is 0 Å². The minimum absolute atomic E-state index is 0.124. The molecule has 0 radical (unpaired) electrons. The van der Waals surface area contributed by atoms with Gasteiger partial charge < -0.3 is 5.11 Å². The lowest BCUT2D eigenvalue weighted by molar-refractivity contribution is 0.475. The number of phenols is 1. The van der Waals surface area contributed by atoms with Crippen LogP contribution in [0.3, 0.4) is 0 Å². The normalized spacial score (nSPS) is 16.8. The molecule has 0 spiro atoms. The van der Waals surface area contributed by atoms with E-state index in [1.165, 1.54) is 5.56 Å². The van der Waals surface area contributed by atoms with Crippen molar-refractivity contribution in [3.63, 3.8) is 0 Å². The minimum atomic E-state index is 0.124. The average molecular weight is 328 g/mol. The van der Waals surface area contributed by atoms with Crippen LogP contribution in [0.5, 0.6) is 5.75 Å². The molecule has 0 aromatic heterocycles. The van der Waals surface area contributed by atoms with Crippen molar-refractivity contribution in [1.29, 1.82) is 0 Å². The molecule has 1 aliphatic heterocycles. The van der Waals surface area contributed by atoms with Crippen LogP contribution < -0.4 is 5.01 Å². The monoisotopic (exact) mass is 328 g/mol. The molecule has 3 aromatic rings. The Hall–Kier alpha value is -3.07. The van der Waals surface area contributed by atoms with Gasteiger partial charge in [-0.1, -0.05) is 60.2 Å². The molecule has 1 aliphatic rings. The lowest BCUT2D eigenvalue weighted by Gasteiger charge is -2.24. The molecular weight excluding hydrogens is 308 g/mol. The Morgan fingerprint density at radius 3 is 2.24 bits per heavy atom. The van der Waals surface area contributed by atoms with Crippen LogP contribution in [0.15, 0.2) is 84.0 Å². The number of benzene rings is 3. The van der Waals surface area contributed by atoms with Crippen molar-refractivity contribution in [2.45, 2.75) is 19.4 Å². The predicted molar refractivity (Wildman–Crippen MR) is 102 cm³/mol. The van der Waals surface area contributed by atoms with Gasteiger partial charge in [0.1, 0.15) is 5.75 Å². The van der Waals surface area contributed by atoms with Gasteiger partial charge in [0, 0.05) is 6.42 Å². The SMILES string of the molecule is Cc1ccc(N2N=C(c3ccccc3)CC2c2ccc(O)cc2)cc1. The van der Waals surface area contributed by atoms with Crippen molar-refractivity contribution in [2.24, 2.45) is 5.10 Å². The number of hydrogen-bond donors (Lipinski definition) is 1. The Balaban J connectivity index is 1.74. The fraction of sp³-hybridized carbons (Fsp3) is 0.136. The molecule has 1 heterocycles. The van der Waals surface area contributed by atoms with Gasteiger partial charge in [-0.3, -0.25) is 5.01 Å². The number of hydrogen-bond acceptors (Lipinski definition) is 3. The number of aryl methyl sites for hydroxylation is 1. The van der Waals surface area contributed by atoms with E-state index in [0.29, 0.717) is 0 Å². The zero-order valence-electron chi connectivity index (χ0n) is 14.1. The highest BCUT2D eigenvalue weighted by atomic mass is 16.3. The molecule has 0 bridgehead atoms. The number of aromatic hydroxyl groups is 1. The fourth-order valence-electron chi connectivity index (χ4n) is 3.21. The van der Waals surface area contributed by atoms with Crippen molar-refractivity contribution in [3.05, 3.63) is 95.6 Å². The van der Waals surface area contributed by atoms with Gasteiger partial charge in [0.15, 0.2) is 0 Å². The quantitative estimate of drug-likeness (QED) is 0.730. The van der Waals surface area contributed by atoms with E-state index < -0.39 is 0 Å². The van der Waals surface area contributed by atoms with Gasteiger partial charge in [0.05, 0.1) is 17.4 Å². The number of nitrogens with zero attached hydrogens (tertiary/aromatic N) is 2. The van der Waals surface area contributed by atoms with E-state index in [1.54, 1.807) is 12.1 Å². The summed E-state index contributed by atoms with van der Waals surface area (Å²) in [6.45, 7) is 2.09. The van der Waals surface area contributed by atoms with Crippen LogP contribution in [0.1, 0.15) is 29.2 Å². The summed E-state index contributed by atoms with van der Waals surface area (Å²) in [5, 5.41) is 16.6. The first-order valence-electron chi connectivity index (χ1n) is 8.48. The highest BCUT2D eigenvalue weighted by Gasteiger charge is 2.29. The van der Waals surface area contributed by atoms with E-state index in [4.69, 9.17) is 5.10 Å². The van der Waals surface area contributed by atoms with E-state index in [2.05, 4.69) is 48.3 Å². The van der Waals surface area contributed by atoms with Gasteiger partial charge in [-0.25, -0.2) is 0 Å². The van der Waals surface area contributed by atoms with Crippen LogP contribution in [0.4, 0.5) is 5.69 Å². The molecule has 0 fully saturated rings. The fourth-order valence-corrected chi connectivity index (χ4v) is 3.21. The molecule has 3 aromatic carbocycles. The molecule has 0 saturated carbocycles. The van der Waals surface area contributed by atoms with Gasteiger partial charge in [-0.15, -0.1) is 0 Å². The van der Waals surface area contributed by atoms with Crippen LogP contribution in [0.25, 0.3) is 0 Å². The number of hydrazone groups is 1. The van der Waals surface area contributed by atoms with Gasteiger partial charge in [0.2, 0.25) is 0 Å². The van der Waals surface area contributed by atoms with Crippen LogP contribution in [0, 0.1) is 6.92 Å². The van der Waals surface area contributed by atoms with Gasteiger partial charge >= 0.3 is 0 Å². The highest BCUT2D eigenvalue weighted by Crippen LogP contribution is 2.37. The molecule has 4 rings (SSSR count). The first kappa shape index (κ1) is 15.5. The first-order valence-corrected chi connectivity index (χ1v) is 8.48. The van der Waals surface area contributed by atoms with Crippen molar-refractivity contribution in [2.75, 3.05) is 5.01 Å². The maximum atomic E-state index is 9.60. The largest absolute Gasteiger partial charge is 0.508 e. The molecular formula is C22H20N2O. The van der Waals surface area contributed by atoms with Crippen LogP contribution in [-0.4, -0.2) is 10.8 Å². The van der Waals surface area contributed by atoms with Crippen molar-refractivity contribution < 1.29 is 5.11 Å². The Morgan fingerprint density at radius 2 is 1.56 bits per heavy atom. The molecule has 0 saturated heterocycles. The highest BCUT2D eigenvalue weighted by molar-refractivity contribution is 6.03. The molecule has 124 valence electrons. The molecule has 1 unspecified atom stereocenters. The summed E-state index contributed by atoms with van der Waals surface area (Å²) in [6.07, 6.45) is 0.836. The summed E-state index contributed by atoms with van der Waals surface area (Å²) in [5.74, 6) is 0.285. The summed E-state index contributed by atoms with van der Waals surface area (Å²) < 4.78 is 0. The van der Waals surface area contributed by atoms with Crippen molar-refractivity contribution in [3.8, 4) is 5.75 Å². The van der Waals surface area contributed by atoms with Crippen LogP contribution >= 0.6 is 0 Å². The molecule has 0 aliphatic carbocycles.